The molecule has 0 spiro atoms. The second kappa shape index (κ2) is 10.2. The number of carbonyl (C=O) groups is 2. The Kier molecular flexibility index (Phi) is 7.99. The molecule has 184 valence electrons. The molecule has 7 nitrogen and oxygen atoms in total. The summed E-state index contributed by atoms with van der Waals surface area (Å²) in [6, 6.07) is 5.45. The molecule has 2 aliphatic rings. The van der Waals surface area contributed by atoms with Gasteiger partial charge in [0.15, 0.2) is 0 Å². The second-order valence-electron chi connectivity index (χ2n) is 10.4. The van der Waals surface area contributed by atoms with Crippen LogP contribution in [0, 0.1) is 0 Å². The number of piperidine rings is 1. The molecule has 2 amide bonds. The van der Waals surface area contributed by atoms with Crippen molar-refractivity contribution in [1.82, 2.24) is 9.80 Å². The number of methoxy groups -OCH3 is 1. The van der Waals surface area contributed by atoms with Crippen molar-refractivity contribution in [3.05, 3.63) is 28.2 Å². The van der Waals surface area contributed by atoms with E-state index in [2.05, 4.69) is 15.9 Å². The fraction of sp³-hybridized carbons (Fsp3) is 0.680. The molecule has 1 unspecified atom stereocenters. The van der Waals surface area contributed by atoms with Crippen molar-refractivity contribution in [3.63, 3.8) is 0 Å². The van der Waals surface area contributed by atoms with Crippen molar-refractivity contribution >= 4 is 27.9 Å². The normalized spacial score (nSPS) is 20.2. The van der Waals surface area contributed by atoms with Gasteiger partial charge in [-0.05, 0) is 80.1 Å². The number of carboxylic acid groups (broad SMARTS) is 1. The first kappa shape index (κ1) is 25.8. The van der Waals surface area contributed by atoms with E-state index in [4.69, 9.17) is 4.74 Å². The van der Waals surface area contributed by atoms with Gasteiger partial charge in [-0.25, -0.2) is 4.79 Å². The Bertz CT molecular complexity index is 855. The van der Waals surface area contributed by atoms with Gasteiger partial charge in [0.2, 0.25) is 5.91 Å². The van der Waals surface area contributed by atoms with Gasteiger partial charge in [0.25, 0.3) is 0 Å². The molecule has 8 heteroatoms. The van der Waals surface area contributed by atoms with Gasteiger partial charge in [-0.3, -0.25) is 4.79 Å². The fourth-order valence-electron chi connectivity index (χ4n) is 5.52. The number of ether oxygens (including phenoxy) is 1. The molecule has 2 fully saturated rings. The van der Waals surface area contributed by atoms with Crippen molar-refractivity contribution in [1.29, 1.82) is 0 Å². The Morgan fingerprint density at radius 1 is 1.18 bits per heavy atom. The van der Waals surface area contributed by atoms with Gasteiger partial charge in [-0.15, -0.1) is 0 Å². The monoisotopic (exact) mass is 524 g/mol. The summed E-state index contributed by atoms with van der Waals surface area (Å²) in [5.74, 6) is -0.0559. The van der Waals surface area contributed by atoms with E-state index in [9.17, 15) is 19.8 Å². The lowest BCUT2D eigenvalue weighted by Crippen LogP contribution is -2.56. The SMILES string of the molecule is COc1ccc(C(C(=O)N2CCC(N(C(=O)O)C(C)(C)C)CC2)C2(O)CCCCC2)cc1Br. The van der Waals surface area contributed by atoms with E-state index >= 15 is 0 Å². The maximum Gasteiger partial charge on any atom is 0.407 e. The average molecular weight is 525 g/mol. The van der Waals surface area contributed by atoms with Gasteiger partial charge in [0.05, 0.1) is 23.1 Å². The van der Waals surface area contributed by atoms with Crippen LogP contribution in [0.25, 0.3) is 0 Å². The van der Waals surface area contributed by atoms with Gasteiger partial charge in [0.1, 0.15) is 5.75 Å². The molecule has 1 saturated heterocycles. The molecule has 0 bridgehead atoms. The van der Waals surface area contributed by atoms with Crippen molar-refractivity contribution < 1.29 is 24.5 Å². The number of aliphatic hydroxyl groups is 1. The van der Waals surface area contributed by atoms with Crippen LogP contribution < -0.4 is 4.74 Å². The van der Waals surface area contributed by atoms with Gasteiger partial charge in [0, 0.05) is 24.7 Å². The summed E-state index contributed by atoms with van der Waals surface area (Å²) in [6.07, 6.45) is 4.32. The lowest BCUT2D eigenvalue weighted by molar-refractivity contribution is -0.143. The molecule has 0 aromatic heterocycles. The topological polar surface area (TPSA) is 90.3 Å². The minimum atomic E-state index is -1.08. The summed E-state index contributed by atoms with van der Waals surface area (Å²) < 4.78 is 6.10. The van der Waals surface area contributed by atoms with Crippen molar-refractivity contribution in [2.24, 2.45) is 0 Å². The Hall–Kier alpha value is -1.80. The van der Waals surface area contributed by atoms with Crippen LogP contribution in [0.2, 0.25) is 0 Å². The highest BCUT2D eigenvalue weighted by atomic mass is 79.9. The van der Waals surface area contributed by atoms with E-state index in [1.165, 1.54) is 4.90 Å². The number of nitrogens with zero attached hydrogens (tertiary/aromatic N) is 2. The van der Waals surface area contributed by atoms with Crippen LogP contribution in [0.3, 0.4) is 0 Å². The highest BCUT2D eigenvalue weighted by Crippen LogP contribution is 2.43. The van der Waals surface area contributed by atoms with E-state index in [0.29, 0.717) is 44.5 Å². The molecule has 1 heterocycles. The van der Waals surface area contributed by atoms with Gasteiger partial charge in [-0.1, -0.05) is 25.3 Å². The Morgan fingerprint density at radius 3 is 2.27 bits per heavy atom. The van der Waals surface area contributed by atoms with Crippen LogP contribution in [0.4, 0.5) is 4.79 Å². The van der Waals surface area contributed by atoms with E-state index in [1.54, 1.807) is 7.11 Å². The summed E-state index contributed by atoms with van der Waals surface area (Å²) in [5, 5.41) is 21.4. The third-order valence-corrected chi connectivity index (χ3v) is 7.70. The van der Waals surface area contributed by atoms with E-state index < -0.39 is 23.2 Å². The number of likely N-dealkylation sites (tertiary alicyclic amines) is 1. The van der Waals surface area contributed by atoms with Crippen LogP contribution >= 0.6 is 15.9 Å². The number of rotatable bonds is 5. The van der Waals surface area contributed by atoms with E-state index in [1.807, 2.05) is 43.9 Å². The zero-order valence-corrected chi connectivity index (χ0v) is 21.7. The molecule has 1 saturated carbocycles. The molecule has 1 atom stereocenters. The summed E-state index contributed by atoms with van der Waals surface area (Å²) >= 11 is 3.53. The Morgan fingerprint density at radius 2 is 1.79 bits per heavy atom. The van der Waals surface area contributed by atoms with Crippen LogP contribution in [-0.4, -0.2) is 69.4 Å². The first-order chi connectivity index (χ1) is 15.5. The number of hydrogen-bond acceptors (Lipinski definition) is 4. The number of amides is 2. The molecular weight excluding hydrogens is 488 g/mol. The minimum absolute atomic E-state index is 0.0763. The molecule has 33 heavy (non-hydrogen) atoms. The van der Waals surface area contributed by atoms with Crippen molar-refractivity contribution in [3.8, 4) is 5.75 Å². The molecule has 1 aromatic rings. The summed E-state index contributed by atoms with van der Waals surface area (Å²) in [5.41, 5.74) is -0.808. The van der Waals surface area contributed by atoms with Crippen LogP contribution in [-0.2, 0) is 4.79 Å². The molecule has 1 aliphatic heterocycles. The first-order valence-electron chi connectivity index (χ1n) is 11.8. The third kappa shape index (κ3) is 5.65. The molecule has 2 N–H and O–H groups in total. The smallest absolute Gasteiger partial charge is 0.407 e. The van der Waals surface area contributed by atoms with Crippen molar-refractivity contribution in [2.45, 2.75) is 88.8 Å². The van der Waals surface area contributed by atoms with Crippen LogP contribution in [0.1, 0.15) is 77.2 Å². The average Bonchev–Trinajstić information content (AvgIpc) is 2.73. The second-order valence-corrected chi connectivity index (χ2v) is 11.2. The zero-order chi connectivity index (χ0) is 24.4. The highest BCUT2D eigenvalue weighted by molar-refractivity contribution is 9.10. The standard InChI is InChI=1S/C25H37BrN2O5/c1-24(2,3)28(23(30)31)18-10-14-27(15-11-18)22(29)21(25(32)12-6-5-7-13-25)17-8-9-20(33-4)19(26)16-17/h8-9,16,18,21,32H,5-7,10-15H2,1-4H3,(H,30,31). The molecule has 1 aromatic carbocycles. The number of halogens is 1. The highest BCUT2D eigenvalue weighted by Gasteiger charge is 2.46. The van der Waals surface area contributed by atoms with E-state index in [0.717, 1.165) is 29.3 Å². The maximum atomic E-state index is 13.9. The zero-order valence-electron chi connectivity index (χ0n) is 20.1. The third-order valence-electron chi connectivity index (χ3n) is 7.08. The Balaban J connectivity index is 1.84. The summed E-state index contributed by atoms with van der Waals surface area (Å²) in [6.45, 7) is 6.65. The van der Waals surface area contributed by atoms with Crippen LogP contribution in [0.5, 0.6) is 5.75 Å². The number of carbonyl (C=O) groups excluding carboxylic acids is 1. The van der Waals surface area contributed by atoms with Gasteiger partial charge >= 0.3 is 6.09 Å². The number of benzene rings is 1. The minimum Gasteiger partial charge on any atom is -0.496 e. The summed E-state index contributed by atoms with van der Waals surface area (Å²) in [7, 11) is 1.60. The van der Waals surface area contributed by atoms with Gasteiger partial charge < -0.3 is 24.7 Å². The first-order valence-corrected chi connectivity index (χ1v) is 12.6. The van der Waals surface area contributed by atoms with Gasteiger partial charge in [-0.2, -0.15) is 0 Å². The van der Waals surface area contributed by atoms with Crippen LogP contribution in [0.15, 0.2) is 22.7 Å². The lowest BCUT2D eigenvalue weighted by Gasteiger charge is -2.45. The maximum absolute atomic E-state index is 13.9. The summed E-state index contributed by atoms with van der Waals surface area (Å²) in [4.78, 5) is 29.1. The Labute approximate surface area is 205 Å². The predicted octanol–water partition coefficient (Wildman–Crippen LogP) is 5.01. The van der Waals surface area contributed by atoms with E-state index in [-0.39, 0.29) is 11.9 Å². The molecule has 0 radical (unpaired) electrons. The molecule has 3 rings (SSSR count). The largest absolute Gasteiger partial charge is 0.496 e. The molecule has 1 aliphatic carbocycles. The van der Waals surface area contributed by atoms with Crippen molar-refractivity contribution in [2.75, 3.05) is 20.2 Å². The fourth-order valence-corrected chi connectivity index (χ4v) is 6.07. The number of hydrogen-bond donors (Lipinski definition) is 2. The predicted molar refractivity (Wildman–Crippen MR) is 131 cm³/mol. The molecular formula is C25H37BrN2O5. The quantitative estimate of drug-likeness (QED) is 0.565. The lowest BCUT2D eigenvalue weighted by atomic mass is 9.72.